The zero-order valence-electron chi connectivity index (χ0n) is 12.9. The maximum absolute atomic E-state index is 12.3. The maximum atomic E-state index is 12.3. The van der Waals surface area contributed by atoms with E-state index in [1.165, 1.54) is 0 Å². The van der Waals surface area contributed by atoms with Crippen molar-refractivity contribution in [1.82, 2.24) is 0 Å². The molecule has 3 nitrogen and oxygen atoms in total. The van der Waals surface area contributed by atoms with Gasteiger partial charge in [-0.3, -0.25) is 4.18 Å². The molecule has 2 atom stereocenters. The van der Waals surface area contributed by atoms with E-state index in [2.05, 4.69) is 0 Å². The Hall–Kier alpha value is -2.27. The predicted molar refractivity (Wildman–Crippen MR) is 93.2 cm³/mol. The molecule has 4 heteroatoms. The molecule has 4 rings (SSSR count). The van der Waals surface area contributed by atoms with E-state index in [-0.39, 0.29) is 0 Å². The third-order valence-corrected chi connectivity index (χ3v) is 5.00. The van der Waals surface area contributed by atoms with E-state index >= 15 is 0 Å². The second-order valence-electron chi connectivity index (χ2n) is 5.64. The fraction of sp³-hybridized carbons (Fsp3) is 0.100. The smallest absolute Gasteiger partial charge is 0.256 e. The van der Waals surface area contributed by atoms with Crippen LogP contribution in [0.15, 0.2) is 91.0 Å². The summed E-state index contributed by atoms with van der Waals surface area (Å²) in [5.41, 5.74) is 1.80. The van der Waals surface area contributed by atoms with Crippen molar-refractivity contribution in [3.05, 3.63) is 108 Å². The summed E-state index contributed by atoms with van der Waals surface area (Å²) < 4.78 is 23.9. The van der Waals surface area contributed by atoms with Gasteiger partial charge in [0.15, 0.2) is 5.60 Å². The summed E-state index contributed by atoms with van der Waals surface area (Å²) in [5.74, 6) is 0. The molecule has 0 amide bonds. The lowest BCUT2D eigenvalue weighted by Crippen LogP contribution is -2.33. The monoisotopic (exact) mass is 336 g/mol. The van der Waals surface area contributed by atoms with Crippen LogP contribution in [0.1, 0.15) is 22.8 Å². The van der Waals surface area contributed by atoms with Gasteiger partial charge >= 0.3 is 11.4 Å². The van der Waals surface area contributed by atoms with Crippen LogP contribution in [0.3, 0.4) is 0 Å². The summed E-state index contributed by atoms with van der Waals surface area (Å²) in [5, 5.41) is 0. The fourth-order valence-electron chi connectivity index (χ4n) is 3.17. The number of hydrogen-bond acceptors (Lipinski definition) is 3. The molecule has 120 valence electrons. The highest BCUT2D eigenvalue weighted by atomic mass is 32.2. The van der Waals surface area contributed by atoms with Gasteiger partial charge in [0, 0.05) is 0 Å². The van der Waals surface area contributed by atoms with Gasteiger partial charge < -0.3 is 0 Å². The molecule has 1 saturated heterocycles. The van der Waals surface area contributed by atoms with Gasteiger partial charge in [0.2, 0.25) is 0 Å². The minimum Gasteiger partial charge on any atom is -0.256 e. The Morgan fingerprint density at radius 3 is 1.67 bits per heavy atom. The van der Waals surface area contributed by atoms with Crippen molar-refractivity contribution in [3.8, 4) is 0 Å². The molecule has 3 aromatic rings. The Labute approximate surface area is 143 Å². The number of hydrogen-bond donors (Lipinski definition) is 0. The molecular formula is C20H16O3S. The van der Waals surface area contributed by atoms with Crippen molar-refractivity contribution in [2.45, 2.75) is 11.7 Å². The van der Waals surface area contributed by atoms with Crippen LogP contribution in [-0.2, 0) is 25.3 Å². The van der Waals surface area contributed by atoms with E-state index in [9.17, 15) is 4.21 Å². The highest BCUT2D eigenvalue weighted by Crippen LogP contribution is 2.51. The average Bonchev–Trinajstić information content (AvgIpc) is 3.02. The minimum absolute atomic E-state index is 0.496. The highest BCUT2D eigenvalue weighted by Gasteiger charge is 2.53. The molecule has 0 bridgehead atoms. The predicted octanol–water partition coefficient (Wildman–Crippen LogP) is 4.30. The normalized spacial score (nSPS) is 22.3. The van der Waals surface area contributed by atoms with Gasteiger partial charge in [-0.2, -0.15) is 4.21 Å². The van der Waals surface area contributed by atoms with Crippen LogP contribution >= 0.6 is 0 Å². The first-order valence-corrected chi connectivity index (χ1v) is 8.75. The van der Waals surface area contributed by atoms with Crippen molar-refractivity contribution in [2.75, 3.05) is 0 Å². The maximum Gasteiger partial charge on any atom is 0.306 e. The summed E-state index contributed by atoms with van der Waals surface area (Å²) in [7, 11) is 0. The lowest BCUT2D eigenvalue weighted by molar-refractivity contribution is 0.0737. The second kappa shape index (κ2) is 6.32. The minimum atomic E-state index is -1.82. The molecule has 0 radical (unpaired) electrons. The summed E-state index contributed by atoms with van der Waals surface area (Å²) in [6.07, 6.45) is -0.496. The van der Waals surface area contributed by atoms with Gasteiger partial charge in [-0.05, 0) is 16.7 Å². The first-order chi connectivity index (χ1) is 11.8. The summed E-state index contributed by atoms with van der Waals surface area (Å²) >= 11 is -1.82. The molecule has 0 saturated carbocycles. The highest BCUT2D eigenvalue weighted by molar-refractivity contribution is 7.75. The molecule has 0 aromatic heterocycles. The van der Waals surface area contributed by atoms with Crippen LogP contribution < -0.4 is 0 Å². The van der Waals surface area contributed by atoms with E-state index in [1.807, 2.05) is 91.0 Å². The van der Waals surface area contributed by atoms with Crippen molar-refractivity contribution in [2.24, 2.45) is 0 Å². The Morgan fingerprint density at radius 1 is 0.708 bits per heavy atom. The van der Waals surface area contributed by atoms with Crippen LogP contribution in [0.4, 0.5) is 0 Å². The first kappa shape index (κ1) is 15.3. The zero-order chi connectivity index (χ0) is 16.4. The van der Waals surface area contributed by atoms with E-state index in [0.717, 1.165) is 16.7 Å². The summed E-state index contributed by atoms with van der Waals surface area (Å²) in [6.45, 7) is 0. The Morgan fingerprint density at radius 2 is 1.17 bits per heavy atom. The molecule has 24 heavy (non-hydrogen) atoms. The van der Waals surface area contributed by atoms with E-state index in [1.54, 1.807) is 0 Å². The van der Waals surface area contributed by atoms with E-state index < -0.39 is 23.1 Å². The van der Waals surface area contributed by atoms with Gasteiger partial charge in [-0.25, -0.2) is 4.18 Å². The van der Waals surface area contributed by atoms with Crippen LogP contribution in [-0.4, -0.2) is 4.21 Å². The van der Waals surface area contributed by atoms with Gasteiger partial charge in [-0.1, -0.05) is 91.0 Å². The van der Waals surface area contributed by atoms with Crippen LogP contribution in [0.5, 0.6) is 0 Å². The molecule has 0 aliphatic carbocycles. The SMILES string of the molecule is O=S1O[C@H](c2ccccc2)C(c2ccccc2)(c2ccccc2)O1. The molecule has 0 N–H and O–H groups in total. The van der Waals surface area contributed by atoms with Crippen molar-refractivity contribution < 1.29 is 12.6 Å². The van der Waals surface area contributed by atoms with Crippen molar-refractivity contribution in [1.29, 1.82) is 0 Å². The lowest BCUT2D eigenvalue weighted by Gasteiger charge is -2.32. The molecule has 1 heterocycles. The quantitative estimate of drug-likeness (QED) is 0.715. The Kier molecular flexibility index (Phi) is 4.02. The molecule has 1 aliphatic heterocycles. The number of rotatable bonds is 3. The molecule has 1 unspecified atom stereocenters. The van der Waals surface area contributed by atoms with Crippen LogP contribution in [0.2, 0.25) is 0 Å². The van der Waals surface area contributed by atoms with Crippen molar-refractivity contribution >= 4 is 11.4 Å². The van der Waals surface area contributed by atoms with E-state index in [4.69, 9.17) is 8.37 Å². The molecule has 3 aromatic carbocycles. The molecule has 0 spiro atoms. The van der Waals surface area contributed by atoms with Gasteiger partial charge in [-0.15, -0.1) is 0 Å². The average molecular weight is 336 g/mol. The van der Waals surface area contributed by atoms with E-state index in [0.29, 0.717) is 0 Å². The third-order valence-electron chi connectivity index (χ3n) is 4.25. The zero-order valence-corrected chi connectivity index (χ0v) is 13.7. The van der Waals surface area contributed by atoms with Crippen molar-refractivity contribution in [3.63, 3.8) is 0 Å². The largest absolute Gasteiger partial charge is 0.306 e. The first-order valence-electron chi connectivity index (χ1n) is 7.75. The van der Waals surface area contributed by atoms with Gasteiger partial charge in [0.25, 0.3) is 0 Å². The Bertz CT molecular complexity index is 795. The Balaban J connectivity index is 1.97. The van der Waals surface area contributed by atoms with Gasteiger partial charge in [0.1, 0.15) is 6.10 Å². The van der Waals surface area contributed by atoms with Gasteiger partial charge in [0.05, 0.1) is 0 Å². The lowest BCUT2D eigenvalue weighted by atomic mass is 9.79. The fourth-order valence-corrected chi connectivity index (χ4v) is 4.11. The summed E-state index contributed by atoms with van der Waals surface area (Å²) in [4.78, 5) is 0. The van der Waals surface area contributed by atoms with Crippen LogP contribution in [0, 0.1) is 0 Å². The molecule has 1 fully saturated rings. The topological polar surface area (TPSA) is 35.5 Å². The standard InChI is InChI=1S/C20H16O3S/c21-24-22-19(16-10-4-1-5-11-16)20(23-24,17-12-6-2-7-13-17)18-14-8-3-9-15-18/h1-15,19H/t19-,24?/m1/s1. The molecule has 1 aliphatic rings. The second-order valence-corrected chi connectivity index (χ2v) is 6.41. The summed E-state index contributed by atoms with van der Waals surface area (Å²) in [6, 6.07) is 29.4. The number of benzene rings is 3. The molecular weight excluding hydrogens is 320 g/mol. The third kappa shape index (κ3) is 2.49. The van der Waals surface area contributed by atoms with Crippen LogP contribution in [0.25, 0.3) is 0 Å².